The molecular formula is C15H20O3. The second-order valence-electron chi connectivity index (χ2n) is 4.64. The first-order valence-corrected chi connectivity index (χ1v) is 6.32. The summed E-state index contributed by atoms with van der Waals surface area (Å²) >= 11 is 0. The highest BCUT2D eigenvalue weighted by Gasteiger charge is 2.18. The standard InChI is InChI=1S/C15H20O3/c1-11-14(4-3-5-15(11)16)12-6-8-13(9-7-12)18-10-17-2/h6-9,15-16H,3-5,10H2,1-2H3/t15-/m1/s1. The molecule has 1 aliphatic rings. The fourth-order valence-corrected chi connectivity index (χ4v) is 2.34. The number of rotatable bonds is 4. The van der Waals surface area contributed by atoms with Crippen LogP contribution in [0.25, 0.3) is 5.57 Å². The SMILES string of the molecule is COCOc1ccc(C2=C(C)[C@H](O)CCC2)cc1. The van der Waals surface area contributed by atoms with Crippen LogP contribution in [0.4, 0.5) is 0 Å². The molecule has 98 valence electrons. The quantitative estimate of drug-likeness (QED) is 0.832. The Morgan fingerprint density at radius 3 is 2.67 bits per heavy atom. The summed E-state index contributed by atoms with van der Waals surface area (Å²) in [6.07, 6.45) is 2.69. The summed E-state index contributed by atoms with van der Waals surface area (Å²) in [5, 5.41) is 9.88. The van der Waals surface area contributed by atoms with Crippen molar-refractivity contribution in [1.29, 1.82) is 0 Å². The van der Waals surface area contributed by atoms with Crippen LogP contribution in [0.2, 0.25) is 0 Å². The van der Waals surface area contributed by atoms with Crippen LogP contribution in [0.1, 0.15) is 31.7 Å². The lowest BCUT2D eigenvalue weighted by Crippen LogP contribution is -2.14. The number of allylic oxidation sites excluding steroid dienone is 1. The number of benzene rings is 1. The largest absolute Gasteiger partial charge is 0.468 e. The van der Waals surface area contributed by atoms with Gasteiger partial charge in [-0.1, -0.05) is 12.1 Å². The third kappa shape index (κ3) is 2.92. The van der Waals surface area contributed by atoms with Crippen molar-refractivity contribution in [3.63, 3.8) is 0 Å². The Morgan fingerprint density at radius 1 is 1.28 bits per heavy atom. The lowest BCUT2D eigenvalue weighted by atomic mass is 9.86. The van der Waals surface area contributed by atoms with Gasteiger partial charge >= 0.3 is 0 Å². The summed E-state index contributed by atoms with van der Waals surface area (Å²) in [7, 11) is 1.60. The van der Waals surface area contributed by atoms with Crippen LogP contribution in [0, 0.1) is 0 Å². The number of hydrogen-bond donors (Lipinski definition) is 1. The van der Waals surface area contributed by atoms with Crippen LogP contribution in [0.3, 0.4) is 0 Å². The Balaban J connectivity index is 2.16. The highest BCUT2D eigenvalue weighted by Crippen LogP contribution is 2.32. The average molecular weight is 248 g/mol. The fraction of sp³-hybridized carbons (Fsp3) is 0.467. The minimum Gasteiger partial charge on any atom is -0.468 e. The maximum atomic E-state index is 9.88. The third-order valence-electron chi connectivity index (χ3n) is 3.43. The molecule has 3 heteroatoms. The van der Waals surface area contributed by atoms with E-state index in [1.165, 1.54) is 11.1 Å². The molecule has 1 aromatic rings. The van der Waals surface area contributed by atoms with Gasteiger partial charge in [0, 0.05) is 7.11 Å². The van der Waals surface area contributed by atoms with E-state index in [9.17, 15) is 5.11 Å². The number of aliphatic hydroxyl groups excluding tert-OH is 1. The maximum Gasteiger partial charge on any atom is 0.188 e. The van der Waals surface area contributed by atoms with Gasteiger partial charge in [0.05, 0.1) is 6.10 Å². The topological polar surface area (TPSA) is 38.7 Å². The minimum atomic E-state index is -0.279. The highest BCUT2D eigenvalue weighted by atomic mass is 16.7. The van der Waals surface area contributed by atoms with Gasteiger partial charge in [0.1, 0.15) is 5.75 Å². The summed E-state index contributed by atoms with van der Waals surface area (Å²) in [5.74, 6) is 0.801. The Labute approximate surface area is 108 Å². The Kier molecular flexibility index (Phi) is 4.39. The normalized spacial score (nSPS) is 20.1. The average Bonchev–Trinajstić information content (AvgIpc) is 2.40. The second kappa shape index (κ2) is 6.03. The highest BCUT2D eigenvalue weighted by molar-refractivity contribution is 5.70. The van der Waals surface area contributed by atoms with E-state index in [4.69, 9.17) is 9.47 Å². The van der Waals surface area contributed by atoms with Gasteiger partial charge in [0.25, 0.3) is 0 Å². The summed E-state index contributed by atoms with van der Waals surface area (Å²) in [6, 6.07) is 7.97. The van der Waals surface area contributed by atoms with Gasteiger partial charge in [-0.3, -0.25) is 0 Å². The molecule has 0 saturated carbocycles. The van der Waals surface area contributed by atoms with Gasteiger partial charge < -0.3 is 14.6 Å². The fourth-order valence-electron chi connectivity index (χ4n) is 2.34. The lowest BCUT2D eigenvalue weighted by molar-refractivity contribution is 0.0511. The molecule has 0 fully saturated rings. The van der Waals surface area contributed by atoms with Gasteiger partial charge in [-0.2, -0.15) is 0 Å². The molecule has 0 amide bonds. The van der Waals surface area contributed by atoms with Gasteiger partial charge in [0.15, 0.2) is 6.79 Å². The molecule has 1 atom stereocenters. The molecule has 0 saturated heterocycles. The molecule has 1 aromatic carbocycles. The first-order chi connectivity index (χ1) is 8.72. The van der Waals surface area contributed by atoms with Crippen molar-refractivity contribution < 1.29 is 14.6 Å². The van der Waals surface area contributed by atoms with E-state index in [0.717, 1.165) is 30.6 Å². The van der Waals surface area contributed by atoms with Crippen molar-refractivity contribution in [2.75, 3.05) is 13.9 Å². The molecule has 1 aliphatic carbocycles. The van der Waals surface area contributed by atoms with E-state index in [0.29, 0.717) is 0 Å². The molecule has 3 nitrogen and oxygen atoms in total. The first-order valence-electron chi connectivity index (χ1n) is 6.32. The predicted octanol–water partition coefficient (Wildman–Crippen LogP) is 2.99. The van der Waals surface area contributed by atoms with Crippen LogP contribution in [-0.2, 0) is 4.74 Å². The van der Waals surface area contributed by atoms with E-state index in [1.807, 2.05) is 31.2 Å². The van der Waals surface area contributed by atoms with Crippen molar-refractivity contribution in [3.05, 3.63) is 35.4 Å². The van der Waals surface area contributed by atoms with Crippen LogP contribution in [0.5, 0.6) is 5.75 Å². The molecule has 2 rings (SSSR count). The number of aliphatic hydroxyl groups is 1. The Hall–Kier alpha value is -1.32. The Morgan fingerprint density at radius 2 is 2.00 bits per heavy atom. The van der Waals surface area contributed by atoms with Gasteiger partial charge in [-0.25, -0.2) is 0 Å². The smallest absolute Gasteiger partial charge is 0.188 e. The van der Waals surface area contributed by atoms with E-state index in [-0.39, 0.29) is 12.9 Å². The molecule has 1 N–H and O–H groups in total. The molecule has 0 unspecified atom stereocenters. The molecule has 0 bridgehead atoms. The van der Waals surface area contributed by atoms with Crippen molar-refractivity contribution >= 4 is 5.57 Å². The van der Waals surface area contributed by atoms with E-state index in [2.05, 4.69) is 0 Å². The van der Waals surface area contributed by atoms with E-state index >= 15 is 0 Å². The van der Waals surface area contributed by atoms with E-state index in [1.54, 1.807) is 7.11 Å². The van der Waals surface area contributed by atoms with Gasteiger partial charge in [0.2, 0.25) is 0 Å². The predicted molar refractivity (Wildman–Crippen MR) is 71.4 cm³/mol. The lowest BCUT2D eigenvalue weighted by Gasteiger charge is -2.23. The summed E-state index contributed by atoms with van der Waals surface area (Å²) < 4.78 is 10.2. The number of hydrogen-bond acceptors (Lipinski definition) is 3. The maximum absolute atomic E-state index is 9.88. The second-order valence-corrected chi connectivity index (χ2v) is 4.64. The number of ether oxygens (including phenoxy) is 2. The van der Waals surface area contributed by atoms with Crippen LogP contribution >= 0.6 is 0 Å². The summed E-state index contributed by atoms with van der Waals surface area (Å²) in [5.41, 5.74) is 3.55. The summed E-state index contributed by atoms with van der Waals surface area (Å²) in [6.45, 7) is 2.29. The molecule has 18 heavy (non-hydrogen) atoms. The minimum absolute atomic E-state index is 0.264. The van der Waals surface area contributed by atoms with Crippen molar-refractivity contribution in [3.8, 4) is 5.75 Å². The number of methoxy groups -OCH3 is 1. The van der Waals surface area contributed by atoms with E-state index < -0.39 is 0 Å². The van der Waals surface area contributed by atoms with Crippen LogP contribution in [0.15, 0.2) is 29.8 Å². The molecule has 0 aromatic heterocycles. The molecule has 0 aliphatic heterocycles. The molecular weight excluding hydrogens is 228 g/mol. The molecule has 0 heterocycles. The third-order valence-corrected chi connectivity index (χ3v) is 3.43. The monoisotopic (exact) mass is 248 g/mol. The zero-order valence-corrected chi connectivity index (χ0v) is 11.0. The van der Waals surface area contributed by atoms with Crippen molar-refractivity contribution in [2.24, 2.45) is 0 Å². The zero-order chi connectivity index (χ0) is 13.0. The summed E-state index contributed by atoms with van der Waals surface area (Å²) in [4.78, 5) is 0. The molecule has 0 radical (unpaired) electrons. The van der Waals surface area contributed by atoms with Gasteiger partial charge in [-0.15, -0.1) is 0 Å². The van der Waals surface area contributed by atoms with Crippen LogP contribution in [-0.4, -0.2) is 25.1 Å². The molecule has 0 spiro atoms. The Bertz CT molecular complexity index is 420. The van der Waals surface area contributed by atoms with Gasteiger partial charge in [-0.05, 0) is 55.0 Å². The van der Waals surface area contributed by atoms with Crippen molar-refractivity contribution in [1.82, 2.24) is 0 Å². The zero-order valence-electron chi connectivity index (χ0n) is 11.0. The first kappa shape index (κ1) is 13.1. The van der Waals surface area contributed by atoms with Crippen LogP contribution < -0.4 is 4.74 Å². The van der Waals surface area contributed by atoms with Crippen molar-refractivity contribution in [2.45, 2.75) is 32.3 Å².